The SMILES string of the molecule is CCC(=O)C(C)N1CCN(c2ccc(OC)cc2)CC1. The average molecular weight is 276 g/mol. The summed E-state index contributed by atoms with van der Waals surface area (Å²) in [4.78, 5) is 16.4. The van der Waals surface area contributed by atoms with Crippen LogP contribution in [0.3, 0.4) is 0 Å². The Labute approximate surface area is 121 Å². The first kappa shape index (κ1) is 14.9. The lowest BCUT2D eigenvalue weighted by Gasteiger charge is -2.38. The number of hydrogen-bond donors (Lipinski definition) is 0. The van der Waals surface area contributed by atoms with Crippen LogP contribution in [0.2, 0.25) is 0 Å². The molecule has 1 aliphatic heterocycles. The molecule has 110 valence electrons. The molecule has 2 rings (SSSR count). The quantitative estimate of drug-likeness (QED) is 0.825. The molecule has 1 aliphatic rings. The largest absolute Gasteiger partial charge is 0.497 e. The number of nitrogens with zero attached hydrogens (tertiary/aromatic N) is 2. The van der Waals surface area contributed by atoms with Crippen LogP contribution in [0.15, 0.2) is 24.3 Å². The molecule has 20 heavy (non-hydrogen) atoms. The fourth-order valence-corrected chi connectivity index (χ4v) is 2.66. The number of anilines is 1. The van der Waals surface area contributed by atoms with Crippen LogP contribution in [0.25, 0.3) is 0 Å². The van der Waals surface area contributed by atoms with Crippen molar-refractivity contribution in [1.82, 2.24) is 4.90 Å². The van der Waals surface area contributed by atoms with Crippen molar-refractivity contribution in [2.24, 2.45) is 0 Å². The van der Waals surface area contributed by atoms with Crippen molar-refractivity contribution < 1.29 is 9.53 Å². The van der Waals surface area contributed by atoms with Crippen LogP contribution in [-0.4, -0.2) is 50.0 Å². The zero-order valence-electron chi connectivity index (χ0n) is 12.6. The molecule has 4 heteroatoms. The second kappa shape index (κ2) is 6.75. The van der Waals surface area contributed by atoms with Crippen LogP contribution in [-0.2, 0) is 4.79 Å². The van der Waals surface area contributed by atoms with E-state index in [1.54, 1.807) is 7.11 Å². The zero-order chi connectivity index (χ0) is 14.5. The number of ketones is 1. The molecule has 1 aromatic rings. The third kappa shape index (κ3) is 3.31. The summed E-state index contributed by atoms with van der Waals surface area (Å²) in [6.45, 7) is 7.78. The highest BCUT2D eigenvalue weighted by molar-refractivity contribution is 5.83. The molecule has 1 atom stereocenters. The minimum Gasteiger partial charge on any atom is -0.497 e. The highest BCUT2D eigenvalue weighted by atomic mass is 16.5. The number of piperazine rings is 1. The number of ether oxygens (including phenoxy) is 1. The number of Topliss-reactive ketones (excluding diaryl/α,β-unsaturated/α-hetero) is 1. The van der Waals surface area contributed by atoms with Gasteiger partial charge in [0.25, 0.3) is 0 Å². The molecule has 0 saturated carbocycles. The van der Waals surface area contributed by atoms with Gasteiger partial charge in [-0.1, -0.05) is 6.92 Å². The van der Waals surface area contributed by atoms with E-state index in [1.165, 1.54) is 5.69 Å². The van der Waals surface area contributed by atoms with Crippen molar-refractivity contribution in [3.05, 3.63) is 24.3 Å². The van der Waals surface area contributed by atoms with Gasteiger partial charge >= 0.3 is 0 Å². The first-order chi connectivity index (χ1) is 9.65. The lowest BCUT2D eigenvalue weighted by Crippen LogP contribution is -2.51. The van der Waals surface area contributed by atoms with Gasteiger partial charge < -0.3 is 9.64 Å². The number of benzene rings is 1. The Hall–Kier alpha value is -1.55. The van der Waals surface area contributed by atoms with Crippen LogP contribution in [0, 0.1) is 0 Å². The number of rotatable bonds is 5. The van der Waals surface area contributed by atoms with E-state index in [-0.39, 0.29) is 6.04 Å². The molecule has 1 fully saturated rings. The maximum absolute atomic E-state index is 11.8. The van der Waals surface area contributed by atoms with Crippen LogP contribution in [0.1, 0.15) is 20.3 Å². The monoisotopic (exact) mass is 276 g/mol. The standard InChI is InChI=1S/C16H24N2O2/c1-4-16(19)13(2)17-9-11-18(12-10-17)14-5-7-15(20-3)8-6-14/h5-8,13H,4,9-12H2,1-3H3. The zero-order valence-corrected chi connectivity index (χ0v) is 12.6. The lowest BCUT2D eigenvalue weighted by molar-refractivity contribution is -0.123. The molecule has 0 spiro atoms. The van der Waals surface area contributed by atoms with E-state index in [1.807, 2.05) is 26.0 Å². The van der Waals surface area contributed by atoms with E-state index >= 15 is 0 Å². The third-order valence-electron chi connectivity index (χ3n) is 4.11. The van der Waals surface area contributed by atoms with Crippen molar-refractivity contribution in [3.63, 3.8) is 0 Å². The summed E-state index contributed by atoms with van der Waals surface area (Å²) in [6, 6.07) is 8.22. The molecular formula is C16H24N2O2. The van der Waals surface area contributed by atoms with Gasteiger partial charge in [0.05, 0.1) is 13.2 Å². The Morgan fingerprint density at radius 2 is 1.80 bits per heavy atom. The van der Waals surface area contributed by atoms with Crippen LogP contribution >= 0.6 is 0 Å². The Morgan fingerprint density at radius 3 is 2.30 bits per heavy atom. The number of methoxy groups -OCH3 is 1. The van der Waals surface area contributed by atoms with Gasteiger partial charge in [0, 0.05) is 38.3 Å². The summed E-state index contributed by atoms with van der Waals surface area (Å²) in [5.74, 6) is 1.22. The predicted octanol–water partition coefficient (Wildman–Crippen LogP) is 2.18. The van der Waals surface area contributed by atoms with Gasteiger partial charge in [-0.2, -0.15) is 0 Å². The average Bonchev–Trinajstić information content (AvgIpc) is 2.53. The Bertz CT molecular complexity index is 436. The van der Waals surface area contributed by atoms with Crippen LogP contribution < -0.4 is 9.64 Å². The van der Waals surface area contributed by atoms with Crippen molar-refractivity contribution >= 4 is 11.5 Å². The van der Waals surface area contributed by atoms with E-state index in [2.05, 4.69) is 21.9 Å². The fourth-order valence-electron chi connectivity index (χ4n) is 2.66. The summed E-state index contributed by atoms with van der Waals surface area (Å²) in [5.41, 5.74) is 1.22. The predicted molar refractivity (Wildman–Crippen MR) is 81.5 cm³/mol. The van der Waals surface area contributed by atoms with Gasteiger partial charge in [0.1, 0.15) is 11.5 Å². The molecule has 1 heterocycles. The summed E-state index contributed by atoms with van der Waals surface area (Å²) in [6.07, 6.45) is 0.625. The van der Waals surface area contributed by atoms with Gasteiger partial charge in [0.2, 0.25) is 0 Å². The summed E-state index contributed by atoms with van der Waals surface area (Å²) >= 11 is 0. The van der Waals surface area contributed by atoms with Crippen molar-refractivity contribution in [3.8, 4) is 5.75 Å². The Morgan fingerprint density at radius 1 is 1.20 bits per heavy atom. The first-order valence-corrected chi connectivity index (χ1v) is 7.31. The van der Waals surface area contributed by atoms with Gasteiger partial charge in [0.15, 0.2) is 0 Å². The Balaban J connectivity index is 1.91. The topological polar surface area (TPSA) is 32.8 Å². The molecule has 0 aromatic heterocycles. The minimum absolute atomic E-state index is 0.0537. The summed E-state index contributed by atoms with van der Waals surface area (Å²) in [5, 5.41) is 0. The molecule has 4 nitrogen and oxygen atoms in total. The van der Waals surface area contributed by atoms with Gasteiger partial charge in [-0.3, -0.25) is 9.69 Å². The second-order valence-electron chi connectivity index (χ2n) is 5.22. The molecule has 0 aliphatic carbocycles. The summed E-state index contributed by atoms with van der Waals surface area (Å²) in [7, 11) is 1.68. The minimum atomic E-state index is 0.0537. The third-order valence-corrected chi connectivity index (χ3v) is 4.11. The molecule has 1 aromatic carbocycles. The normalized spacial score (nSPS) is 17.9. The lowest BCUT2D eigenvalue weighted by atomic mass is 10.1. The van der Waals surface area contributed by atoms with E-state index in [4.69, 9.17) is 4.74 Å². The molecule has 0 amide bonds. The number of carbonyl (C=O) groups excluding carboxylic acids is 1. The fraction of sp³-hybridized carbons (Fsp3) is 0.562. The van der Waals surface area contributed by atoms with Crippen molar-refractivity contribution in [1.29, 1.82) is 0 Å². The van der Waals surface area contributed by atoms with E-state index in [0.29, 0.717) is 12.2 Å². The molecular weight excluding hydrogens is 252 g/mol. The highest BCUT2D eigenvalue weighted by Gasteiger charge is 2.24. The molecule has 0 radical (unpaired) electrons. The van der Waals surface area contributed by atoms with Gasteiger partial charge in [-0.05, 0) is 31.2 Å². The van der Waals surface area contributed by atoms with Crippen molar-refractivity contribution in [2.75, 3.05) is 38.2 Å². The first-order valence-electron chi connectivity index (χ1n) is 7.31. The van der Waals surface area contributed by atoms with E-state index in [9.17, 15) is 4.79 Å². The van der Waals surface area contributed by atoms with Gasteiger partial charge in [-0.15, -0.1) is 0 Å². The smallest absolute Gasteiger partial charge is 0.149 e. The molecule has 0 bridgehead atoms. The second-order valence-corrected chi connectivity index (χ2v) is 5.22. The van der Waals surface area contributed by atoms with Crippen LogP contribution in [0.5, 0.6) is 5.75 Å². The number of hydrogen-bond acceptors (Lipinski definition) is 4. The van der Waals surface area contributed by atoms with Crippen LogP contribution in [0.4, 0.5) is 5.69 Å². The molecule has 1 unspecified atom stereocenters. The maximum atomic E-state index is 11.8. The van der Waals surface area contributed by atoms with E-state index < -0.39 is 0 Å². The van der Waals surface area contributed by atoms with Crippen molar-refractivity contribution in [2.45, 2.75) is 26.3 Å². The van der Waals surface area contributed by atoms with E-state index in [0.717, 1.165) is 31.9 Å². The molecule has 1 saturated heterocycles. The summed E-state index contributed by atoms with van der Waals surface area (Å²) < 4.78 is 5.18. The van der Waals surface area contributed by atoms with Gasteiger partial charge in [-0.25, -0.2) is 0 Å². The molecule has 0 N–H and O–H groups in total. The Kier molecular flexibility index (Phi) is 5.01. The number of carbonyl (C=O) groups is 1. The highest BCUT2D eigenvalue weighted by Crippen LogP contribution is 2.21. The maximum Gasteiger partial charge on any atom is 0.149 e.